The molecule has 0 aromatic heterocycles. The Labute approximate surface area is 191 Å². The summed E-state index contributed by atoms with van der Waals surface area (Å²) in [5.41, 5.74) is 2.71. The molecule has 0 N–H and O–H groups in total. The maximum Gasteiger partial charge on any atom is 0.363 e. The summed E-state index contributed by atoms with van der Waals surface area (Å²) >= 11 is 15.3. The van der Waals surface area contributed by atoms with Crippen molar-refractivity contribution in [1.82, 2.24) is 0 Å². The molecule has 0 fully saturated rings. The van der Waals surface area contributed by atoms with Crippen molar-refractivity contribution in [2.45, 2.75) is 6.61 Å². The zero-order valence-electron chi connectivity index (χ0n) is 15.4. The number of ether oxygens (including phenoxy) is 2. The van der Waals surface area contributed by atoms with E-state index in [1.54, 1.807) is 18.2 Å². The Morgan fingerprint density at radius 2 is 1.70 bits per heavy atom. The van der Waals surface area contributed by atoms with Crippen LogP contribution in [0.5, 0.6) is 5.75 Å². The maximum atomic E-state index is 12.1. The third-order valence-electron chi connectivity index (χ3n) is 4.28. The Bertz CT molecular complexity index is 1160. The van der Waals surface area contributed by atoms with E-state index < -0.39 is 5.97 Å². The average Bonchev–Trinajstić information content (AvgIpc) is 3.10. The van der Waals surface area contributed by atoms with Gasteiger partial charge in [0.1, 0.15) is 12.4 Å². The smallest absolute Gasteiger partial charge is 0.363 e. The largest absolute Gasteiger partial charge is 0.489 e. The van der Waals surface area contributed by atoms with Gasteiger partial charge in [-0.2, -0.15) is 0 Å². The van der Waals surface area contributed by atoms with Gasteiger partial charge in [-0.15, -0.1) is 0 Å². The highest BCUT2D eigenvalue weighted by Crippen LogP contribution is 2.24. The topological polar surface area (TPSA) is 47.9 Å². The lowest BCUT2D eigenvalue weighted by atomic mass is 10.2. The number of rotatable bonds is 5. The molecule has 0 amide bonds. The highest BCUT2D eigenvalue weighted by Gasteiger charge is 2.24. The van der Waals surface area contributed by atoms with Crippen molar-refractivity contribution in [2.75, 3.05) is 0 Å². The molecular weight excluding hydrogens is 489 g/mol. The van der Waals surface area contributed by atoms with E-state index in [0.717, 1.165) is 21.2 Å². The van der Waals surface area contributed by atoms with E-state index in [0.29, 0.717) is 28.3 Å². The summed E-state index contributed by atoms with van der Waals surface area (Å²) in [5, 5.41) is 1.00. The molecule has 30 heavy (non-hydrogen) atoms. The first-order valence-corrected chi connectivity index (χ1v) is 10.5. The van der Waals surface area contributed by atoms with Crippen LogP contribution in [0, 0.1) is 0 Å². The van der Waals surface area contributed by atoms with Gasteiger partial charge in [-0.1, -0.05) is 57.3 Å². The number of esters is 1. The van der Waals surface area contributed by atoms with E-state index in [9.17, 15) is 4.79 Å². The molecule has 0 saturated heterocycles. The Morgan fingerprint density at radius 1 is 0.967 bits per heavy atom. The van der Waals surface area contributed by atoms with Crippen molar-refractivity contribution in [3.63, 3.8) is 0 Å². The lowest BCUT2D eigenvalue weighted by molar-refractivity contribution is -0.129. The second-order valence-electron chi connectivity index (χ2n) is 6.45. The molecule has 0 radical (unpaired) electrons. The molecule has 3 aromatic rings. The van der Waals surface area contributed by atoms with Crippen molar-refractivity contribution in [3.05, 3.63) is 104 Å². The number of hydrogen-bond donors (Lipinski definition) is 0. The van der Waals surface area contributed by atoms with Crippen molar-refractivity contribution in [3.8, 4) is 5.75 Å². The number of cyclic esters (lactones) is 1. The Hall–Kier alpha value is -2.60. The first-order chi connectivity index (χ1) is 14.5. The predicted octanol–water partition coefficient (Wildman–Crippen LogP) is 6.68. The fourth-order valence-corrected chi connectivity index (χ4v) is 3.32. The minimum absolute atomic E-state index is 0.248. The molecular formula is C23H14BrCl2NO3. The van der Waals surface area contributed by atoms with Gasteiger partial charge in [0.25, 0.3) is 0 Å². The lowest BCUT2D eigenvalue weighted by Crippen LogP contribution is -2.05. The van der Waals surface area contributed by atoms with Crippen LogP contribution in [0.3, 0.4) is 0 Å². The van der Waals surface area contributed by atoms with Gasteiger partial charge < -0.3 is 9.47 Å². The van der Waals surface area contributed by atoms with Crippen LogP contribution >= 0.6 is 39.1 Å². The first-order valence-electron chi connectivity index (χ1n) is 8.93. The zero-order chi connectivity index (χ0) is 21.1. The third-order valence-corrected chi connectivity index (χ3v) is 5.55. The molecule has 0 bridgehead atoms. The van der Waals surface area contributed by atoms with E-state index in [-0.39, 0.29) is 5.70 Å². The number of nitrogens with zero attached hydrogens (tertiary/aromatic N) is 1. The first kappa shape index (κ1) is 20.7. The summed E-state index contributed by atoms with van der Waals surface area (Å²) in [6.45, 7) is 0.366. The standard InChI is InChI=1S/C23H14BrCl2NO3/c24-17-6-4-16(5-7-17)22-27-21(23(28)30-22)12-14-1-8-18(9-2-14)29-13-15-3-10-19(25)20(26)11-15/h1-12H,13H2. The Balaban J connectivity index is 1.44. The molecule has 0 atom stereocenters. The van der Waals surface area contributed by atoms with E-state index in [1.165, 1.54) is 0 Å². The van der Waals surface area contributed by atoms with Crippen LogP contribution in [0.4, 0.5) is 0 Å². The molecule has 0 saturated carbocycles. The van der Waals surface area contributed by atoms with Gasteiger partial charge in [0.2, 0.25) is 5.90 Å². The third kappa shape index (κ3) is 4.93. The van der Waals surface area contributed by atoms with Gasteiger partial charge >= 0.3 is 5.97 Å². The molecule has 0 unspecified atom stereocenters. The zero-order valence-corrected chi connectivity index (χ0v) is 18.5. The summed E-state index contributed by atoms with van der Waals surface area (Å²) in [6.07, 6.45) is 1.68. The number of carbonyl (C=O) groups excluding carboxylic acids is 1. The predicted molar refractivity (Wildman–Crippen MR) is 122 cm³/mol. The van der Waals surface area contributed by atoms with Crippen LogP contribution in [0.25, 0.3) is 6.08 Å². The van der Waals surface area contributed by atoms with Gasteiger partial charge in [0.15, 0.2) is 5.70 Å². The minimum atomic E-state index is -0.479. The molecule has 4 nitrogen and oxygen atoms in total. The Kier molecular flexibility index (Phi) is 6.23. The normalized spacial score (nSPS) is 14.6. The lowest BCUT2D eigenvalue weighted by Gasteiger charge is -2.07. The van der Waals surface area contributed by atoms with Gasteiger partial charge in [0, 0.05) is 10.0 Å². The fraction of sp³-hybridized carbons (Fsp3) is 0.0435. The van der Waals surface area contributed by atoms with Crippen molar-refractivity contribution >= 4 is 57.1 Å². The van der Waals surface area contributed by atoms with Crippen LogP contribution in [0.15, 0.2) is 81.9 Å². The van der Waals surface area contributed by atoms with E-state index in [2.05, 4.69) is 20.9 Å². The second-order valence-corrected chi connectivity index (χ2v) is 8.18. The minimum Gasteiger partial charge on any atom is -0.489 e. The number of halogens is 3. The second kappa shape index (κ2) is 9.04. The molecule has 3 aromatic carbocycles. The van der Waals surface area contributed by atoms with Crippen LogP contribution in [-0.2, 0) is 16.1 Å². The summed E-state index contributed by atoms with van der Waals surface area (Å²) in [6, 6.07) is 20.1. The summed E-state index contributed by atoms with van der Waals surface area (Å²) in [7, 11) is 0. The molecule has 7 heteroatoms. The summed E-state index contributed by atoms with van der Waals surface area (Å²) in [4.78, 5) is 16.5. The number of hydrogen-bond acceptors (Lipinski definition) is 4. The Morgan fingerprint density at radius 3 is 2.40 bits per heavy atom. The molecule has 1 heterocycles. The van der Waals surface area contributed by atoms with Crippen LogP contribution in [-0.4, -0.2) is 11.9 Å². The molecule has 4 rings (SSSR count). The van der Waals surface area contributed by atoms with E-state index in [1.807, 2.05) is 54.6 Å². The van der Waals surface area contributed by atoms with E-state index >= 15 is 0 Å². The number of carbonyl (C=O) groups is 1. The molecule has 150 valence electrons. The average molecular weight is 503 g/mol. The summed E-state index contributed by atoms with van der Waals surface area (Å²) in [5.74, 6) is 0.504. The highest BCUT2D eigenvalue weighted by atomic mass is 79.9. The SMILES string of the molecule is O=C1OC(c2ccc(Br)cc2)=NC1=Cc1ccc(OCc2ccc(Cl)c(Cl)c2)cc1. The number of benzene rings is 3. The van der Waals surface area contributed by atoms with Gasteiger partial charge in [-0.3, -0.25) is 0 Å². The van der Waals surface area contributed by atoms with Gasteiger partial charge in [-0.25, -0.2) is 9.79 Å². The van der Waals surface area contributed by atoms with Crippen molar-refractivity contribution < 1.29 is 14.3 Å². The van der Waals surface area contributed by atoms with Gasteiger partial charge in [-0.05, 0) is 65.7 Å². The fourth-order valence-electron chi connectivity index (χ4n) is 2.74. The van der Waals surface area contributed by atoms with Gasteiger partial charge in [0.05, 0.1) is 10.0 Å². The monoisotopic (exact) mass is 501 g/mol. The maximum absolute atomic E-state index is 12.1. The van der Waals surface area contributed by atoms with Crippen LogP contribution in [0.2, 0.25) is 10.0 Å². The van der Waals surface area contributed by atoms with E-state index in [4.69, 9.17) is 32.7 Å². The highest BCUT2D eigenvalue weighted by molar-refractivity contribution is 9.10. The molecule has 1 aliphatic rings. The van der Waals surface area contributed by atoms with Crippen LogP contribution < -0.4 is 4.74 Å². The van der Waals surface area contributed by atoms with Crippen molar-refractivity contribution in [2.24, 2.45) is 4.99 Å². The number of aliphatic imine (C=N–C) groups is 1. The molecule has 0 aliphatic carbocycles. The molecule has 0 spiro atoms. The van der Waals surface area contributed by atoms with Crippen LogP contribution in [0.1, 0.15) is 16.7 Å². The summed E-state index contributed by atoms with van der Waals surface area (Å²) < 4.78 is 12.0. The quantitative estimate of drug-likeness (QED) is 0.289. The molecule has 1 aliphatic heterocycles. The van der Waals surface area contributed by atoms with Crippen molar-refractivity contribution in [1.29, 1.82) is 0 Å².